The summed E-state index contributed by atoms with van der Waals surface area (Å²) in [6.07, 6.45) is 4.25. The van der Waals surface area contributed by atoms with Gasteiger partial charge in [0, 0.05) is 18.1 Å². The summed E-state index contributed by atoms with van der Waals surface area (Å²) in [5, 5.41) is 2.81. The first kappa shape index (κ1) is 26.4. The fourth-order valence-electron chi connectivity index (χ4n) is 3.73. The lowest BCUT2D eigenvalue weighted by molar-refractivity contribution is -0.114. The smallest absolute Gasteiger partial charge is 0.264 e. The Labute approximate surface area is 225 Å². The van der Waals surface area contributed by atoms with Gasteiger partial charge in [0.25, 0.3) is 10.0 Å². The zero-order valence-electron chi connectivity index (χ0n) is 20.4. The topological polar surface area (TPSA) is 88.6 Å². The van der Waals surface area contributed by atoms with E-state index in [1.54, 1.807) is 54.9 Å². The van der Waals surface area contributed by atoms with Crippen molar-refractivity contribution in [2.75, 3.05) is 23.3 Å². The lowest BCUT2D eigenvalue weighted by Gasteiger charge is -2.24. The Bertz CT molecular complexity index is 1480. The molecule has 1 heterocycles. The molecule has 0 aliphatic heterocycles. The second-order valence-electron chi connectivity index (χ2n) is 8.42. The number of aromatic nitrogens is 1. The van der Waals surface area contributed by atoms with Crippen LogP contribution in [0.25, 0.3) is 0 Å². The number of hydrogen-bond acceptors (Lipinski definition) is 5. The zero-order valence-corrected chi connectivity index (χ0v) is 22.8. The first-order valence-corrected chi connectivity index (χ1v) is 13.7. The van der Waals surface area contributed by atoms with E-state index < -0.39 is 22.5 Å². The van der Waals surface area contributed by atoms with E-state index in [-0.39, 0.29) is 4.90 Å². The molecule has 1 N–H and O–H groups in total. The van der Waals surface area contributed by atoms with Crippen molar-refractivity contribution in [3.63, 3.8) is 0 Å². The third-order valence-electron chi connectivity index (χ3n) is 5.72. The van der Waals surface area contributed by atoms with Crippen LogP contribution in [0.15, 0.2) is 101 Å². The van der Waals surface area contributed by atoms with Crippen molar-refractivity contribution < 1.29 is 17.9 Å². The lowest BCUT2D eigenvalue weighted by atomic mass is 10.1. The van der Waals surface area contributed by atoms with Crippen molar-refractivity contribution in [2.45, 2.75) is 18.2 Å². The van der Waals surface area contributed by atoms with Crippen molar-refractivity contribution in [3.05, 3.63) is 112 Å². The highest BCUT2D eigenvalue weighted by atomic mass is 79.9. The minimum atomic E-state index is -4.06. The van der Waals surface area contributed by atoms with Gasteiger partial charge in [-0.05, 0) is 95.0 Å². The largest absolute Gasteiger partial charge is 0.496 e. The lowest BCUT2D eigenvalue weighted by Crippen LogP contribution is -2.38. The van der Waals surface area contributed by atoms with Gasteiger partial charge < -0.3 is 10.1 Å². The SMILES string of the molecule is COc1ccc(S(=O)(=O)N(CC(=O)Nc2ccc(Cc3ccncc3)cc2)c2ccc(C)cc2)cc1Br. The molecule has 0 fully saturated rings. The van der Waals surface area contributed by atoms with Crippen molar-refractivity contribution in [3.8, 4) is 5.75 Å². The maximum Gasteiger partial charge on any atom is 0.264 e. The molecular weight excluding hydrogens is 554 g/mol. The summed E-state index contributed by atoms with van der Waals surface area (Å²) in [6, 6.07) is 22.9. The molecule has 0 aliphatic rings. The maximum atomic E-state index is 13.7. The van der Waals surface area contributed by atoms with Gasteiger partial charge in [-0.1, -0.05) is 29.8 Å². The molecule has 190 valence electrons. The van der Waals surface area contributed by atoms with Crippen molar-refractivity contribution >= 4 is 43.2 Å². The Morgan fingerprint density at radius 2 is 1.59 bits per heavy atom. The quantitative estimate of drug-likeness (QED) is 0.279. The highest BCUT2D eigenvalue weighted by Crippen LogP contribution is 2.31. The monoisotopic (exact) mass is 579 g/mol. The summed E-state index contributed by atoms with van der Waals surface area (Å²) in [5.41, 5.74) is 4.16. The van der Waals surface area contributed by atoms with Crippen molar-refractivity contribution in [2.24, 2.45) is 0 Å². The van der Waals surface area contributed by atoms with Crippen molar-refractivity contribution in [1.29, 1.82) is 0 Å². The van der Waals surface area contributed by atoms with Crippen LogP contribution in [0.2, 0.25) is 0 Å². The van der Waals surface area contributed by atoms with Crippen LogP contribution in [0.5, 0.6) is 5.75 Å². The molecule has 1 aromatic heterocycles. The first-order chi connectivity index (χ1) is 17.8. The van der Waals surface area contributed by atoms with E-state index >= 15 is 0 Å². The van der Waals surface area contributed by atoms with E-state index in [0.717, 1.165) is 27.4 Å². The molecule has 0 saturated heterocycles. The number of benzene rings is 3. The van der Waals surface area contributed by atoms with Crippen LogP contribution < -0.4 is 14.4 Å². The van der Waals surface area contributed by atoms with E-state index in [1.165, 1.54) is 19.2 Å². The van der Waals surface area contributed by atoms with Gasteiger partial charge in [0.1, 0.15) is 12.3 Å². The molecule has 37 heavy (non-hydrogen) atoms. The number of rotatable bonds is 9. The highest BCUT2D eigenvalue weighted by molar-refractivity contribution is 9.10. The molecule has 0 unspecified atom stereocenters. The van der Waals surface area contributed by atoms with Crippen LogP contribution in [0, 0.1) is 6.92 Å². The van der Waals surface area contributed by atoms with Gasteiger partial charge in [-0.25, -0.2) is 8.42 Å². The fourth-order valence-corrected chi connectivity index (χ4v) is 5.87. The van der Waals surface area contributed by atoms with Crippen LogP contribution in [0.1, 0.15) is 16.7 Å². The Kier molecular flexibility index (Phi) is 8.25. The number of ether oxygens (including phenoxy) is 1. The minimum absolute atomic E-state index is 0.0361. The Morgan fingerprint density at radius 1 is 0.946 bits per heavy atom. The number of anilines is 2. The average molecular weight is 581 g/mol. The van der Waals surface area contributed by atoms with Gasteiger partial charge in [-0.3, -0.25) is 14.1 Å². The normalized spacial score (nSPS) is 11.1. The molecule has 9 heteroatoms. The predicted octanol–water partition coefficient (Wildman–Crippen LogP) is 5.59. The minimum Gasteiger partial charge on any atom is -0.496 e. The van der Waals surface area contributed by atoms with Gasteiger partial charge in [0.2, 0.25) is 5.91 Å². The summed E-state index contributed by atoms with van der Waals surface area (Å²) >= 11 is 3.35. The molecule has 1 amide bonds. The van der Waals surface area contributed by atoms with Crippen LogP contribution in [-0.4, -0.2) is 33.0 Å². The molecule has 3 aromatic carbocycles. The number of nitrogens with zero attached hydrogens (tertiary/aromatic N) is 2. The number of sulfonamides is 1. The highest BCUT2D eigenvalue weighted by Gasteiger charge is 2.28. The zero-order chi connectivity index (χ0) is 26.4. The standard InChI is InChI=1S/C28H26BrN3O4S/c1-20-3-9-24(10-4-20)32(37(34,35)25-11-12-27(36-2)26(29)18-25)19-28(33)31-23-7-5-21(6-8-23)17-22-13-15-30-16-14-22/h3-16,18H,17,19H2,1-2H3,(H,31,33). The van der Waals surface area contributed by atoms with Gasteiger partial charge in [0.05, 0.1) is 22.2 Å². The van der Waals surface area contributed by atoms with Gasteiger partial charge in [-0.2, -0.15) is 0 Å². The summed E-state index contributed by atoms with van der Waals surface area (Å²) in [7, 11) is -2.56. The number of pyridine rings is 1. The van der Waals surface area contributed by atoms with Crippen LogP contribution in [0.4, 0.5) is 11.4 Å². The van der Waals surface area contributed by atoms with E-state index in [2.05, 4.69) is 26.2 Å². The second-order valence-corrected chi connectivity index (χ2v) is 11.1. The molecule has 0 bridgehead atoms. The molecule has 0 atom stereocenters. The second kappa shape index (κ2) is 11.6. The third-order valence-corrected chi connectivity index (χ3v) is 8.11. The predicted molar refractivity (Wildman–Crippen MR) is 149 cm³/mol. The number of hydrogen-bond donors (Lipinski definition) is 1. The Balaban J connectivity index is 1.55. The van der Waals surface area contributed by atoms with Gasteiger partial charge >= 0.3 is 0 Å². The van der Waals surface area contributed by atoms with Crippen LogP contribution >= 0.6 is 15.9 Å². The summed E-state index contributed by atoms with van der Waals surface area (Å²) in [4.78, 5) is 17.1. The summed E-state index contributed by atoms with van der Waals surface area (Å²) in [5.74, 6) is 0.0459. The number of amides is 1. The molecule has 4 rings (SSSR count). The molecule has 0 spiro atoms. The number of carbonyl (C=O) groups excluding carboxylic acids is 1. The Morgan fingerprint density at radius 3 is 2.22 bits per heavy atom. The Hall–Kier alpha value is -3.69. The molecule has 4 aromatic rings. The number of aryl methyl sites for hydroxylation is 1. The number of nitrogens with one attached hydrogen (secondary N) is 1. The van der Waals surface area contributed by atoms with Gasteiger partial charge in [0.15, 0.2) is 0 Å². The van der Waals surface area contributed by atoms with E-state index in [4.69, 9.17) is 4.74 Å². The van der Waals surface area contributed by atoms with E-state index in [0.29, 0.717) is 21.6 Å². The van der Waals surface area contributed by atoms with Gasteiger partial charge in [-0.15, -0.1) is 0 Å². The molecule has 0 saturated carbocycles. The molecule has 0 radical (unpaired) electrons. The molecular formula is C28H26BrN3O4S. The van der Waals surface area contributed by atoms with Crippen LogP contribution in [0.3, 0.4) is 0 Å². The molecule has 7 nitrogen and oxygen atoms in total. The van der Waals surface area contributed by atoms with Crippen LogP contribution in [-0.2, 0) is 21.2 Å². The molecule has 0 aliphatic carbocycles. The number of halogens is 1. The first-order valence-electron chi connectivity index (χ1n) is 11.5. The third kappa shape index (κ3) is 6.55. The average Bonchev–Trinajstić information content (AvgIpc) is 2.89. The van der Waals surface area contributed by atoms with E-state index in [1.807, 2.05) is 31.2 Å². The van der Waals surface area contributed by atoms with Crippen molar-refractivity contribution in [1.82, 2.24) is 4.98 Å². The van der Waals surface area contributed by atoms with E-state index in [9.17, 15) is 13.2 Å². The fraction of sp³-hybridized carbons (Fsp3) is 0.143. The summed E-state index contributed by atoms with van der Waals surface area (Å²) in [6.45, 7) is 1.52. The summed E-state index contributed by atoms with van der Waals surface area (Å²) < 4.78 is 34.1. The number of carbonyl (C=O) groups is 1. The maximum absolute atomic E-state index is 13.7. The number of methoxy groups -OCH3 is 1.